The molecular weight excluding hydrogens is 236 g/mol. The maximum Gasteiger partial charge on any atom is 0.272 e. The van der Waals surface area contributed by atoms with E-state index in [1.54, 1.807) is 22.7 Å². The van der Waals surface area contributed by atoms with E-state index >= 15 is 0 Å². The first kappa shape index (κ1) is 13.6. The highest BCUT2D eigenvalue weighted by Crippen LogP contribution is 2.07. The number of aryl methyl sites for hydroxylation is 2. The fourth-order valence-electron chi connectivity index (χ4n) is 1.62. The van der Waals surface area contributed by atoms with E-state index in [0.29, 0.717) is 30.2 Å². The number of hydrogen-bond donors (Lipinski definition) is 1. The summed E-state index contributed by atoms with van der Waals surface area (Å²) in [6.07, 6.45) is 0.547. The van der Waals surface area contributed by atoms with Gasteiger partial charge in [-0.05, 0) is 19.9 Å². The monoisotopic (exact) mass is 254 g/mol. The zero-order valence-corrected chi connectivity index (χ0v) is 11.3. The number of nitrogens with zero attached hydrogens (tertiary/aromatic N) is 3. The number of carbonyl (C=O) groups excluding carboxylic acids is 1. The summed E-state index contributed by atoms with van der Waals surface area (Å²) in [4.78, 5) is 14.3. The van der Waals surface area contributed by atoms with Gasteiger partial charge in [-0.2, -0.15) is 5.10 Å². The Bertz CT molecular complexity index is 427. The maximum absolute atomic E-state index is 12.2. The van der Waals surface area contributed by atoms with Gasteiger partial charge in [-0.25, -0.2) is 0 Å². The molecule has 6 heteroatoms. The third-order valence-corrected chi connectivity index (χ3v) is 2.72. The average Bonchev–Trinajstić information content (AvgIpc) is 2.58. The normalized spacial score (nSPS) is 10.3. The van der Waals surface area contributed by atoms with Crippen LogP contribution >= 0.6 is 12.2 Å². The Kier molecular flexibility index (Phi) is 4.62. The van der Waals surface area contributed by atoms with Gasteiger partial charge in [0.2, 0.25) is 0 Å². The highest BCUT2D eigenvalue weighted by Gasteiger charge is 2.18. The number of hydrogen-bond acceptors (Lipinski definition) is 3. The second kappa shape index (κ2) is 5.77. The second-order valence-corrected chi connectivity index (χ2v) is 4.42. The van der Waals surface area contributed by atoms with Crippen molar-refractivity contribution in [2.75, 3.05) is 13.1 Å². The first-order chi connectivity index (χ1) is 7.95. The summed E-state index contributed by atoms with van der Waals surface area (Å²) in [5.41, 5.74) is 6.87. The van der Waals surface area contributed by atoms with E-state index in [-0.39, 0.29) is 5.91 Å². The molecule has 2 N–H and O–H groups in total. The summed E-state index contributed by atoms with van der Waals surface area (Å²) in [6.45, 7) is 4.98. The van der Waals surface area contributed by atoms with Gasteiger partial charge in [0.05, 0.1) is 10.7 Å². The standard InChI is InChI=1S/C11H18N4OS/c1-4-15(6-5-10(12)17)11(16)9-7-8(2)13-14(9)3/h7H,4-6H2,1-3H3,(H2,12,17). The van der Waals surface area contributed by atoms with E-state index in [0.717, 1.165) is 5.69 Å². The largest absolute Gasteiger partial charge is 0.393 e. The van der Waals surface area contributed by atoms with Gasteiger partial charge >= 0.3 is 0 Å². The predicted octanol–water partition coefficient (Wildman–Crippen LogP) is 0.867. The van der Waals surface area contributed by atoms with Crippen molar-refractivity contribution in [3.8, 4) is 0 Å². The average molecular weight is 254 g/mol. The molecule has 1 aromatic rings. The van der Waals surface area contributed by atoms with Crippen LogP contribution in [0.15, 0.2) is 6.07 Å². The van der Waals surface area contributed by atoms with Crippen LogP contribution < -0.4 is 5.73 Å². The quantitative estimate of drug-likeness (QED) is 0.792. The summed E-state index contributed by atoms with van der Waals surface area (Å²) in [6, 6.07) is 1.78. The highest BCUT2D eigenvalue weighted by atomic mass is 32.1. The second-order valence-electron chi connectivity index (χ2n) is 3.90. The van der Waals surface area contributed by atoms with Gasteiger partial charge < -0.3 is 10.6 Å². The molecule has 1 rings (SSSR count). The molecule has 0 unspecified atom stereocenters. The number of rotatable bonds is 5. The van der Waals surface area contributed by atoms with Crippen LogP contribution in [0.1, 0.15) is 29.5 Å². The Morgan fingerprint density at radius 3 is 2.71 bits per heavy atom. The van der Waals surface area contributed by atoms with E-state index in [4.69, 9.17) is 18.0 Å². The molecule has 0 bridgehead atoms. The van der Waals surface area contributed by atoms with Gasteiger partial charge in [-0.3, -0.25) is 9.48 Å². The zero-order chi connectivity index (χ0) is 13.0. The van der Waals surface area contributed by atoms with Crippen molar-refractivity contribution in [1.82, 2.24) is 14.7 Å². The van der Waals surface area contributed by atoms with Crippen molar-refractivity contribution in [3.63, 3.8) is 0 Å². The number of carbonyl (C=O) groups is 1. The van der Waals surface area contributed by atoms with E-state index in [2.05, 4.69) is 5.10 Å². The van der Waals surface area contributed by atoms with E-state index in [1.807, 2.05) is 13.8 Å². The molecule has 0 radical (unpaired) electrons. The first-order valence-corrected chi connectivity index (χ1v) is 5.94. The molecule has 1 heterocycles. The minimum atomic E-state index is -0.0353. The van der Waals surface area contributed by atoms with Crippen LogP contribution in [0, 0.1) is 6.92 Å². The molecule has 17 heavy (non-hydrogen) atoms. The van der Waals surface area contributed by atoms with E-state index < -0.39 is 0 Å². The van der Waals surface area contributed by atoms with E-state index in [1.165, 1.54) is 0 Å². The van der Waals surface area contributed by atoms with Crippen LogP contribution in [0.25, 0.3) is 0 Å². The Balaban J connectivity index is 2.79. The molecule has 1 aromatic heterocycles. The third kappa shape index (κ3) is 3.52. The van der Waals surface area contributed by atoms with Crippen molar-refractivity contribution < 1.29 is 4.79 Å². The molecular formula is C11H18N4OS. The smallest absolute Gasteiger partial charge is 0.272 e. The van der Waals surface area contributed by atoms with Gasteiger partial charge in [0.1, 0.15) is 5.69 Å². The molecule has 0 aliphatic carbocycles. The fourth-order valence-corrected chi connectivity index (χ4v) is 1.71. The zero-order valence-electron chi connectivity index (χ0n) is 10.4. The number of aromatic nitrogens is 2. The molecule has 0 aliphatic heterocycles. The van der Waals surface area contributed by atoms with Crippen LogP contribution in [0.3, 0.4) is 0 Å². The van der Waals surface area contributed by atoms with Crippen molar-refractivity contribution in [2.24, 2.45) is 12.8 Å². The summed E-state index contributed by atoms with van der Waals surface area (Å²) in [7, 11) is 1.77. The minimum absolute atomic E-state index is 0.0353. The van der Waals surface area contributed by atoms with Crippen molar-refractivity contribution >= 4 is 23.1 Å². The summed E-state index contributed by atoms with van der Waals surface area (Å²) in [5, 5.41) is 4.16. The van der Waals surface area contributed by atoms with Gasteiger partial charge in [-0.1, -0.05) is 12.2 Å². The highest BCUT2D eigenvalue weighted by molar-refractivity contribution is 7.80. The summed E-state index contributed by atoms with van der Waals surface area (Å²) in [5.74, 6) is -0.0353. The Labute approximate surface area is 107 Å². The van der Waals surface area contributed by atoms with Crippen LogP contribution in [-0.4, -0.2) is 38.7 Å². The summed E-state index contributed by atoms with van der Waals surface area (Å²) >= 11 is 4.82. The fraction of sp³-hybridized carbons (Fsp3) is 0.545. The van der Waals surface area contributed by atoms with E-state index in [9.17, 15) is 4.79 Å². The number of amides is 1. The predicted molar refractivity (Wildman–Crippen MR) is 70.9 cm³/mol. The van der Waals surface area contributed by atoms with Crippen LogP contribution in [0.2, 0.25) is 0 Å². The molecule has 0 saturated carbocycles. The Morgan fingerprint density at radius 2 is 2.29 bits per heavy atom. The van der Waals surface area contributed by atoms with Crippen LogP contribution in [0.4, 0.5) is 0 Å². The molecule has 0 saturated heterocycles. The molecule has 94 valence electrons. The van der Waals surface area contributed by atoms with Crippen LogP contribution in [0.5, 0.6) is 0 Å². The molecule has 0 atom stereocenters. The number of nitrogens with two attached hydrogens (primary N) is 1. The lowest BCUT2D eigenvalue weighted by Crippen LogP contribution is -2.34. The SMILES string of the molecule is CCN(CCC(N)=S)C(=O)c1cc(C)nn1C. The van der Waals surface area contributed by atoms with Gasteiger partial charge in [-0.15, -0.1) is 0 Å². The third-order valence-electron chi connectivity index (χ3n) is 2.52. The van der Waals surface area contributed by atoms with Gasteiger partial charge in [0, 0.05) is 26.6 Å². The topological polar surface area (TPSA) is 64.2 Å². The molecule has 5 nitrogen and oxygen atoms in total. The lowest BCUT2D eigenvalue weighted by Gasteiger charge is -2.20. The van der Waals surface area contributed by atoms with Crippen molar-refractivity contribution in [3.05, 3.63) is 17.5 Å². The number of thiocarbonyl (C=S) groups is 1. The lowest BCUT2D eigenvalue weighted by atomic mass is 10.3. The van der Waals surface area contributed by atoms with Crippen molar-refractivity contribution in [1.29, 1.82) is 0 Å². The molecule has 0 aromatic carbocycles. The first-order valence-electron chi connectivity index (χ1n) is 5.54. The minimum Gasteiger partial charge on any atom is -0.393 e. The summed E-state index contributed by atoms with van der Waals surface area (Å²) < 4.78 is 1.60. The Hall–Kier alpha value is -1.43. The maximum atomic E-state index is 12.2. The van der Waals surface area contributed by atoms with Crippen molar-refractivity contribution in [2.45, 2.75) is 20.3 Å². The van der Waals surface area contributed by atoms with Gasteiger partial charge in [0.25, 0.3) is 5.91 Å². The molecule has 0 fully saturated rings. The van der Waals surface area contributed by atoms with Crippen LogP contribution in [-0.2, 0) is 7.05 Å². The molecule has 1 amide bonds. The lowest BCUT2D eigenvalue weighted by molar-refractivity contribution is 0.0758. The molecule has 0 aliphatic rings. The molecule has 0 spiro atoms. The Morgan fingerprint density at radius 1 is 1.65 bits per heavy atom. The van der Waals surface area contributed by atoms with Gasteiger partial charge in [0.15, 0.2) is 0 Å².